The van der Waals surface area contributed by atoms with Crippen molar-refractivity contribution in [3.05, 3.63) is 0 Å². The molecular weight excluding hydrogens is 280 g/mol. The zero-order valence-corrected chi connectivity index (χ0v) is 13.7. The van der Waals surface area contributed by atoms with Gasteiger partial charge in [-0.15, -0.1) is 10.2 Å². The first-order chi connectivity index (χ1) is 8.76. The number of urea groups is 1. The number of rotatable bonds is 5. The number of thioether (sulfide) groups is 1. The molecule has 5 nitrogen and oxygen atoms in total. The van der Waals surface area contributed by atoms with Crippen molar-refractivity contribution in [3.63, 3.8) is 0 Å². The Morgan fingerprint density at radius 2 is 2.05 bits per heavy atom. The lowest BCUT2D eigenvalue weighted by Crippen LogP contribution is -2.43. The molecule has 0 spiro atoms. The molecule has 0 aliphatic heterocycles. The van der Waals surface area contributed by atoms with Gasteiger partial charge in [0.1, 0.15) is 0 Å². The van der Waals surface area contributed by atoms with E-state index in [1.54, 1.807) is 11.8 Å². The first-order valence-corrected chi connectivity index (χ1v) is 8.12. The number of anilines is 1. The molecule has 1 aromatic rings. The zero-order valence-electron chi connectivity index (χ0n) is 12.1. The molecule has 2 amide bonds. The summed E-state index contributed by atoms with van der Waals surface area (Å²) in [6.45, 7) is 10.2. The van der Waals surface area contributed by atoms with E-state index in [4.69, 9.17) is 0 Å². The van der Waals surface area contributed by atoms with Crippen LogP contribution in [-0.4, -0.2) is 27.5 Å². The first-order valence-electron chi connectivity index (χ1n) is 6.32. The summed E-state index contributed by atoms with van der Waals surface area (Å²) in [6, 6.07) is -0.248. The normalized spacial score (nSPS) is 11.7. The Balaban J connectivity index is 2.40. The Kier molecular flexibility index (Phi) is 6.06. The lowest BCUT2D eigenvalue weighted by molar-refractivity contribution is 0.244. The molecule has 0 unspecified atom stereocenters. The molecule has 2 N–H and O–H groups in total. The van der Waals surface area contributed by atoms with Crippen LogP contribution in [0.15, 0.2) is 4.34 Å². The minimum atomic E-state index is -0.260. The fourth-order valence-electron chi connectivity index (χ4n) is 1.17. The van der Waals surface area contributed by atoms with Gasteiger partial charge in [0, 0.05) is 11.3 Å². The standard InChI is InChI=1S/C12H22N4OS2/c1-8(2)6-7-18-11-16-15-10(19-11)13-9(17)14-12(3,4)5/h8H,6-7H2,1-5H3,(H2,13,14,15,17). The molecular formula is C12H22N4OS2. The van der Waals surface area contributed by atoms with Crippen LogP contribution in [0.25, 0.3) is 0 Å². The monoisotopic (exact) mass is 302 g/mol. The molecule has 0 saturated heterocycles. The van der Waals surface area contributed by atoms with Crippen molar-refractivity contribution in [1.82, 2.24) is 15.5 Å². The van der Waals surface area contributed by atoms with Gasteiger partial charge in [-0.25, -0.2) is 4.79 Å². The summed E-state index contributed by atoms with van der Waals surface area (Å²) in [5, 5.41) is 14.1. The van der Waals surface area contributed by atoms with E-state index in [0.29, 0.717) is 11.0 Å². The maximum absolute atomic E-state index is 11.7. The van der Waals surface area contributed by atoms with Crippen molar-refractivity contribution in [2.24, 2.45) is 5.92 Å². The van der Waals surface area contributed by atoms with Crippen LogP contribution in [0.2, 0.25) is 0 Å². The highest BCUT2D eigenvalue weighted by atomic mass is 32.2. The Hall–Kier alpha value is -0.820. The molecule has 0 aliphatic rings. The minimum absolute atomic E-state index is 0.248. The third-order valence-electron chi connectivity index (χ3n) is 2.04. The van der Waals surface area contributed by atoms with Crippen LogP contribution in [0.4, 0.5) is 9.93 Å². The van der Waals surface area contributed by atoms with Crippen molar-refractivity contribution >= 4 is 34.3 Å². The molecule has 0 radical (unpaired) electrons. The fourth-order valence-corrected chi connectivity index (χ4v) is 3.23. The number of carbonyl (C=O) groups is 1. The molecule has 7 heteroatoms. The zero-order chi connectivity index (χ0) is 14.5. The molecule has 0 aliphatic carbocycles. The number of nitrogens with one attached hydrogen (secondary N) is 2. The van der Waals surface area contributed by atoms with Crippen LogP contribution in [0.1, 0.15) is 41.0 Å². The quantitative estimate of drug-likeness (QED) is 0.644. The number of aromatic nitrogens is 2. The SMILES string of the molecule is CC(C)CCSc1nnc(NC(=O)NC(C)(C)C)s1. The summed E-state index contributed by atoms with van der Waals surface area (Å²) in [5.74, 6) is 1.72. The van der Waals surface area contributed by atoms with Crippen LogP contribution >= 0.6 is 23.1 Å². The lowest BCUT2D eigenvalue weighted by atomic mass is 10.1. The third-order valence-corrected chi connectivity index (χ3v) is 4.04. The van der Waals surface area contributed by atoms with Gasteiger partial charge in [0.05, 0.1) is 0 Å². The van der Waals surface area contributed by atoms with Gasteiger partial charge in [0.25, 0.3) is 0 Å². The average Bonchev–Trinajstić information content (AvgIpc) is 2.61. The van der Waals surface area contributed by atoms with Crippen molar-refractivity contribution in [1.29, 1.82) is 0 Å². The molecule has 0 aromatic carbocycles. The topological polar surface area (TPSA) is 66.9 Å². The highest BCUT2D eigenvalue weighted by molar-refractivity contribution is 8.01. The van der Waals surface area contributed by atoms with Gasteiger partial charge in [-0.05, 0) is 33.1 Å². The second-order valence-corrected chi connectivity index (χ2v) is 8.05. The van der Waals surface area contributed by atoms with E-state index in [1.165, 1.54) is 11.3 Å². The predicted molar refractivity (Wildman–Crippen MR) is 82.0 cm³/mol. The number of nitrogens with zero attached hydrogens (tertiary/aromatic N) is 2. The molecule has 19 heavy (non-hydrogen) atoms. The first kappa shape index (κ1) is 16.2. The Labute approximate surface area is 123 Å². The van der Waals surface area contributed by atoms with E-state index < -0.39 is 0 Å². The van der Waals surface area contributed by atoms with Crippen molar-refractivity contribution < 1.29 is 4.79 Å². The largest absolute Gasteiger partial charge is 0.333 e. The molecule has 0 fully saturated rings. The van der Waals surface area contributed by atoms with E-state index in [0.717, 1.165) is 16.5 Å². The second kappa shape index (κ2) is 7.09. The van der Waals surface area contributed by atoms with Gasteiger partial charge in [-0.1, -0.05) is 36.9 Å². The van der Waals surface area contributed by atoms with Crippen molar-refractivity contribution in [3.8, 4) is 0 Å². The molecule has 0 bridgehead atoms. The molecule has 0 atom stereocenters. The molecule has 108 valence electrons. The maximum atomic E-state index is 11.7. The van der Waals surface area contributed by atoms with Gasteiger partial charge in [-0.2, -0.15) is 0 Å². The van der Waals surface area contributed by atoms with E-state index in [2.05, 4.69) is 34.7 Å². The van der Waals surface area contributed by atoms with Gasteiger partial charge in [0.15, 0.2) is 4.34 Å². The number of carbonyl (C=O) groups excluding carboxylic acids is 1. The van der Waals surface area contributed by atoms with Crippen LogP contribution in [-0.2, 0) is 0 Å². The molecule has 0 saturated carbocycles. The van der Waals surface area contributed by atoms with E-state index in [-0.39, 0.29) is 11.6 Å². The van der Waals surface area contributed by atoms with Crippen LogP contribution in [0, 0.1) is 5.92 Å². The van der Waals surface area contributed by atoms with Gasteiger partial charge in [-0.3, -0.25) is 5.32 Å². The molecule has 1 aromatic heterocycles. The highest BCUT2D eigenvalue weighted by Gasteiger charge is 2.15. The van der Waals surface area contributed by atoms with Crippen molar-refractivity contribution in [2.75, 3.05) is 11.1 Å². The minimum Gasteiger partial charge on any atom is -0.333 e. The maximum Gasteiger partial charge on any atom is 0.321 e. The van der Waals surface area contributed by atoms with Gasteiger partial charge >= 0.3 is 6.03 Å². The summed E-state index contributed by atoms with van der Waals surface area (Å²) in [7, 11) is 0. The summed E-state index contributed by atoms with van der Waals surface area (Å²) in [6.07, 6.45) is 1.15. The third kappa shape index (κ3) is 7.37. The number of hydrogen-bond acceptors (Lipinski definition) is 5. The lowest BCUT2D eigenvalue weighted by Gasteiger charge is -2.19. The predicted octanol–water partition coefficient (Wildman–Crippen LogP) is 3.60. The fraction of sp³-hybridized carbons (Fsp3) is 0.750. The molecule has 1 rings (SSSR count). The van der Waals surface area contributed by atoms with Gasteiger partial charge in [0.2, 0.25) is 5.13 Å². The summed E-state index contributed by atoms with van der Waals surface area (Å²) < 4.78 is 0.895. The molecule has 1 heterocycles. The average molecular weight is 302 g/mol. The van der Waals surface area contributed by atoms with Crippen molar-refractivity contribution in [2.45, 2.75) is 50.9 Å². The van der Waals surface area contributed by atoms with E-state index in [9.17, 15) is 4.79 Å². The summed E-state index contributed by atoms with van der Waals surface area (Å²) >= 11 is 3.09. The second-order valence-electron chi connectivity index (χ2n) is 5.73. The number of hydrogen-bond donors (Lipinski definition) is 2. The Bertz CT molecular complexity index is 412. The van der Waals surface area contributed by atoms with E-state index in [1.807, 2.05) is 20.8 Å². The van der Waals surface area contributed by atoms with Gasteiger partial charge < -0.3 is 5.32 Å². The summed E-state index contributed by atoms with van der Waals surface area (Å²) in [5.41, 5.74) is -0.260. The smallest absolute Gasteiger partial charge is 0.321 e. The van der Waals surface area contributed by atoms with Crippen LogP contribution in [0.3, 0.4) is 0 Å². The number of amides is 2. The van der Waals surface area contributed by atoms with Crippen LogP contribution < -0.4 is 10.6 Å². The Morgan fingerprint density at radius 3 is 2.63 bits per heavy atom. The highest BCUT2D eigenvalue weighted by Crippen LogP contribution is 2.26. The van der Waals surface area contributed by atoms with Crippen LogP contribution in [0.5, 0.6) is 0 Å². The Morgan fingerprint density at radius 1 is 1.37 bits per heavy atom. The summed E-state index contributed by atoms with van der Waals surface area (Å²) in [4.78, 5) is 11.7. The van der Waals surface area contributed by atoms with E-state index >= 15 is 0 Å².